The number of rotatable bonds is 79. The number of carbonyl (C=O) groups is 2. The normalized spacial score (nSPS) is 12.6. The van der Waals surface area contributed by atoms with Gasteiger partial charge >= 0.3 is 5.97 Å². The zero-order chi connectivity index (χ0) is 65.6. The van der Waals surface area contributed by atoms with E-state index in [-0.39, 0.29) is 18.5 Å². The number of hydrogen-bond donors (Lipinski definition) is 3. The summed E-state index contributed by atoms with van der Waals surface area (Å²) in [6, 6.07) is -0.539. The molecule has 0 aromatic rings. The molecule has 0 rings (SSSR count). The third-order valence-corrected chi connectivity index (χ3v) is 19.7. The van der Waals surface area contributed by atoms with Crippen LogP contribution in [0.1, 0.15) is 470 Å². The van der Waals surface area contributed by atoms with Gasteiger partial charge in [0, 0.05) is 12.8 Å². The standard InChI is InChI=1S/C85H163NO5/c1-3-5-7-9-11-13-15-17-19-21-46-49-53-57-61-65-69-73-77-83(88)82(81-87)86-84(89)78-74-70-66-62-58-54-50-47-43-41-39-37-35-33-31-29-27-25-23-22-24-26-28-30-32-34-36-38-40-42-44-48-52-56-60-64-68-72-76-80-91-85(90)79-75-71-67-63-59-55-51-45-20-18-16-14-12-10-8-6-4-2/h12,14,18,20,22-23,82-83,87-88H,3-11,13,15-17,19,21,24-81H2,1-2H3,(H,86,89)/b14-12-,20-18-,23-22-. The molecule has 0 aromatic carbocycles. The van der Waals surface area contributed by atoms with Crippen molar-refractivity contribution in [3.8, 4) is 0 Å². The summed E-state index contributed by atoms with van der Waals surface area (Å²) in [5, 5.41) is 23.4. The molecule has 3 N–H and O–H groups in total. The Hall–Kier alpha value is -1.92. The van der Waals surface area contributed by atoms with E-state index in [1.54, 1.807) is 0 Å². The van der Waals surface area contributed by atoms with Gasteiger partial charge in [-0.2, -0.15) is 0 Å². The highest BCUT2D eigenvalue weighted by Gasteiger charge is 2.20. The molecule has 6 nitrogen and oxygen atoms in total. The Morgan fingerprint density at radius 1 is 0.308 bits per heavy atom. The number of hydrogen-bond acceptors (Lipinski definition) is 5. The summed E-state index contributed by atoms with van der Waals surface area (Å²) < 4.78 is 5.51. The molecule has 91 heavy (non-hydrogen) atoms. The van der Waals surface area contributed by atoms with Crippen LogP contribution >= 0.6 is 0 Å². The molecule has 0 bridgehead atoms. The molecule has 0 fully saturated rings. The van der Waals surface area contributed by atoms with Crippen molar-refractivity contribution in [1.82, 2.24) is 5.32 Å². The first-order valence-corrected chi connectivity index (χ1v) is 41.7. The maximum Gasteiger partial charge on any atom is 0.305 e. The lowest BCUT2D eigenvalue weighted by Crippen LogP contribution is -2.45. The second-order valence-electron chi connectivity index (χ2n) is 28.8. The third kappa shape index (κ3) is 77.0. The van der Waals surface area contributed by atoms with E-state index in [9.17, 15) is 19.8 Å². The van der Waals surface area contributed by atoms with Gasteiger partial charge in [0.1, 0.15) is 0 Å². The van der Waals surface area contributed by atoms with Crippen molar-refractivity contribution in [1.29, 1.82) is 0 Å². The molecule has 0 spiro atoms. The predicted octanol–water partition coefficient (Wildman–Crippen LogP) is 27.8. The number of ether oxygens (including phenoxy) is 1. The summed E-state index contributed by atoms with van der Waals surface area (Å²) in [4.78, 5) is 24.7. The van der Waals surface area contributed by atoms with Gasteiger partial charge in [-0.15, -0.1) is 0 Å². The van der Waals surface area contributed by atoms with E-state index in [1.165, 1.54) is 385 Å². The van der Waals surface area contributed by atoms with Crippen LogP contribution in [0.15, 0.2) is 36.5 Å². The van der Waals surface area contributed by atoms with E-state index >= 15 is 0 Å². The summed E-state index contributed by atoms with van der Waals surface area (Å²) in [5.41, 5.74) is 0. The molecule has 0 saturated carbocycles. The third-order valence-electron chi connectivity index (χ3n) is 19.7. The largest absolute Gasteiger partial charge is 0.466 e. The van der Waals surface area contributed by atoms with Crippen LogP contribution in [-0.2, 0) is 14.3 Å². The number of allylic oxidation sites excluding steroid dienone is 6. The molecule has 538 valence electrons. The average molecular weight is 1280 g/mol. The lowest BCUT2D eigenvalue weighted by atomic mass is 10.0. The van der Waals surface area contributed by atoms with Gasteiger partial charge in [-0.05, 0) is 83.5 Å². The molecule has 0 heterocycles. The maximum atomic E-state index is 12.6. The Bertz CT molecular complexity index is 1470. The molecule has 0 saturated heterocycles. The molecule has 6 heteroatoms. The lowest BCUT2D eigenvalue weighted by molar-refractivity contribution is -0.143. The first-order chi connectivity index (χ1) is 45.0. The number of esters is 1. The molecule has 0 aliphatic heterocycles. The van der Waals surface area contributed by atoms with Crippen molar-refractivity contribution in [3.05, 3.63) is 36.5 Å². The fourth-order valence-electron chi connectivity index (χ4n) is 13.3. The van der Waals surface area contributed by atoms with Crippen LogP contribution in [0, 0.1) is 0 Å². The Morgan fingerprint density at radius 3 is 0.868 bits per heavy atom. The average Bonchev–Trinajstić information content (AvgIpc) is 3.73. The Morgan fingerprint density at radius 2 is 0.549 bits per heavy atom. The smallest absolute Gasteiger partial charge is 0.305 e. The number of carbonyl (C=O) groups excluding carboxylic acids is 2. The number of aliphatic hydroxyl groups excluding tert-OH is 2. The van der Waals surface area contributed by atoms with Gasteiger partial charge < -0.3 is 20.3 Å². The van der Waals surface area contributed by atoms with Crippen LogP contribution in [0.3, 0.4) is 0 Å². The van der Waals surface area contributed by atoms with Crippen LogP contribution < -0.4 is 5.32 Å². The van der Waals surface area contributed by atoms with Crippen molar-refractivity contribution in [2.45, 2.75) is 482 Å². The summed E-state index contributed by atoms with van der Waals surface area (Å²) in [5.74, 6) is -0.0106. The second kappa shape index (κ2) is 80.5. The minimum atomic E-state index is -0.662. The molecular formula is C85H163NO5. The van der Waals surface area contributed by atoms with Crippen molar-refractivity contribution < 1.29 is 24.5 Å². The SMILES string of the molecule is CCCCC/C=C\C/C=C\CCCCCCCCCC(=O)OCCCCCCCCCCCCCCCCCCCC/C=C\CCCCCCCCCCCCCCCCCCCC(=O)NC(CO)C(O)CCCCCCCCCCCCCCCCCCCC. The molecular weight excluding hydrogens is 1110 g/mol. The highest BCUT2D eigenvalue weighted by atomic mass is 16.5. The number of unbranched alkanes of at least 4 members (excludes halogenated alkanes) is 62. The van der Waals surface area contributed by atoms with Crippen LogP contribution in [0.2, 0.25) is 0 Å². The van der Waals surface area contributed by atoms with Crippen LogP contribution in [0.5, 0.6) is 0 Å². The molecule has 0 aromatic heterocycles. The van der Waals surface area contributed by atoms with Crippen molar-refractivity contribution in [2.24, 2.45) is 0 Å². The highest BCUT2D eigenvalue weighted by molar-refractivity contribution is 5.76. The zero-order valence-electron chi connectivity index (χ0n) is 61.9. The summed E-state index contributed by atoms with van der Waals surface area (Å²) in [7, 11) is 0. The van der Waals surface area contributed by atoms with Gasteiger partial charge in [-0.1, -0.05) is 410 Å². The van der Waals surface area contributed by atoms with E-state index in [0.717, 1.165) is 51.4 Å². The highest BCUT2D eigenvalue weighted by Crippen LogP contribution is 2.20. The minimum absolute atomic E-state index is 0.0154. The molecule has 2 unspecified atom stereocenters. The Labute approximate surface area is 570 Å². The first-order valence-electron chi connectivity index (χ1n) is 41.7. The summed E-state index contributed by atoms with van der Waals surface area (Å²) in [6.07, 6.45) is 105. The van der Waals surface area contributed by atoms with Gasteiger partial charge in [-0.25, -0.2) is 0 Å². The number of nitrogens with one attached hydrogen (secondary N) is 1. The summed E-state index contributed by atoms with van der Waals surface area (Å²) in [6.45, 7) is 4.98. The van der Waals surface area contributed by atoms with Crippen molar-refractivity contribution in [2.75, 3.05) is 13.2 Å². The van der Waals surface area contributed by atoms with Crippen LogP contribution in [-0.4, -0.2) is 47.4 Å². The van der Waals surface area contributed by atoms with Crippen LogP contribution in [0.25, 0.3) is 0 Å². The van der Waals surface area contributed by atoms with E-state index in [0.29, 0.717) is 25.9 Å². The molecule has 0 aliphatic rings. The van der Waals surface area contributed by atoms with E-state index in [2.05, 4.69) is 55.6 Å². The second-order valence-corrected chi connectivity index (χ2v) is 28.8. The van der Waals surface area contributed by atoms with Gasteiger partial charge in [0.2, 0.25) is 5.91 Å². The van der Waals surface area contributed by atoms with Gasteiger partial charge in [0.05, 0.1) is 25.4 Å². The van der Waals surface area contributed by atoms with Gasteiger partial charge in [-0.3, -0.25) is 9.59 Å². The zero-order valence-corrected chi connectivity index (χ0v) is 61.9. The van der Waals surface area contributed by atoms with Crippen molar-refractivity contribution in [3.63, 3.8) is 0 Å². The maximum absolute atomic E-state index is 12.6. The van der Waals surface area contributed by atoms with Crippen molar-refractivity contribution >= 4 is 11.9 Å². The monoisotopic (exact) mass is 1280 g/mol. The van der Waals surface area contributed by atoms with Gasteiger partial charge in [0.25, 0.3) is 0 Å². The van der Waals surface area contributed by atoms with Crippen LogP contribution in [0.4, 0.5) is 0 Å². The molecule has 1 amide bonds. The first kappa shape index (κ1) is 89.1. The van der Waals surface area contributed by atoms with E-state index in [4.69, 9.17) is 4.74 Å². The Balaban J connectivity index is 3.32. The fraction of sp³-hybridized carbons (Fsp3) is 0.906. The number of amides is 1. The van der Waals surface area contributed by atoms with E-state index in [1.807, 2.05) is 0 Å². The van der Waals surface area contributed by atoms with E-state index < -0.39 is 12.1 Å². The molecule has 0 radical (unpaired) electrons. The molecule has 2 atom stereocenters. The van der Waals surface area contributed by atoms with Gasteiger partial charge in [0.15, 0.2) is 0 Å². The quantitative estimate of drug-likeness (QED) is 0.0320. The molecule has 0 aliphatic carbocycles. The predicted molar refractivity (Wildman–Crippen MR) is 403 cm³/mol. The fourth-order valence-corrected chi connectivity index (χ4v) is 13.3. The topological polar surface area (TPSA) is 95.9 Å². The Kier molecular flexibility index (Phi) is 78.8. The minimum Gasteiger partial charge on any atom is -0.466 e. The lowest BCUT2D eigenvalue weighted by Gasteiger charge is -2.22. The number of aliphatic hydroxyl groups is 2. The summed E-state index contributed by atoms with van der Waals surface area (Å²) >= 11 is 0.